The van der Waals surface area contributed by atoms with Crippen LogP contribution in [0, 0.1) is 27.4 Å². The van der Waals surface area contributed by atoms with E-state index in [1.165, 1.54) is 30.0 Å². The van der Waals surface area contributed by atoms with Crippen molar-refractivity contribution in [3.63, 3.8) is 0 Å². The summed E-state index contributed by atoms with van der Waals surface area (Å²) in [6.45, 7) is 11.1. The predicted molar refractivity (Wildman–Crippen MR) is 358 cm³/mol. The summed E-state index contributed by atoms with van der Waals surface area (Å²) in [4.78, 5) is 85.7. The number of amides is 1. The van der Waals surface area contributed by atoms with Crippen LogP contribution in [0.4, 0.5) is 17.3 Å². The molecule has 530 valence electrons. The molecule has 2 unspecified atom stereocenters. The molecule has 2 aromatic heterocycles. The Labute approximate surface area is 565 Å². The standard InChI is InChI=1S/C61H69N8O25P3S2/c1-59(2,3)54(89-28-37-27-68(55-53(37)57(72)65-58(62)64-55)51-24-46(70)50(92-51)29-90-96(78,79)94-97(80,81)93-95(75,76)77)40-21-47(88-10)34(18-45(40)69(73)74)12-11-17-63-56(71)33-15-13-32(14-16-33)52-41-19-38-35(30-98(82,83)84)25-60(4,5)66(8)43(38)22-48(41)91-49-23-44-39(20-42(49)52)36(31-99(85,86)87)26-61(6,7)67(44)9/h13-16,18-23,25-27,46,50-51,54,70H,17,24,28-31H2,1-10H3,(H9-,62,63,64,65,71,72,75,76,77,78,79,80,81,82,83,84,85,86,87)/p+1/t46-,50+,51+,54+/m0/s1. The summed E-state index contributed by atoms with van der Waals surface area (Å²) in [7, 11) is -21.2. The number of benzene rings is 4. The van der Waals surface area contributed by atoms with E-state index in [4.69, 9.17) is 34.5 Å². The molecular formula is C61H70N8O25P3S2+. The predicted octanol–water partition coefficient (Wildman–Crippen LogP) is 5.34. The maximum absolute atomic E-state index is 13.9. The van der Waals surface area contributed by atoms with Gasteiger partial charge >= 0.3 is 23.5 Å². The van der Waals surface area contributed by atoms with Crippen LogP contribution in [-0.4, -0.2) is 145 Å². The zero-order valence-corrected chi connectivity index (χ0v) is 58.8. The van der Waals surface area contributed by atoms with Crippen molar-refractivity contribution in [2.75, 3.05) is 56.5 Å². The van der Waals surface area contributed by atoms with E-state index >= 15 is 0 Å². The molecule has 4 aliphatic heterocycles. The Balaban J connectivity index is 0.909. The van der Waals surface area contributed by atoms with Gasteiger partial charge in [-0.15, -0.1) is 0 Å². The van der Waals surface area contributed by atoms with Crippen LogP contribution in [0.15, 0.2) is 83.8 Å². The van der Waals surface area contributed by atoms with Crippen molar-refractivity contribution in [1.82, 2.24) is 24.4 Å². The number of ether oxygens (including phenoxy) is 4. The normalized spacial score (nSPS) is 19.6. The Morgan fingerprint density at radius 3 is 2.21 bits per heavy atom. The number of H-pyrrole nitrogens is 1. The van der Waals surface area contributed by atoms with Crippen LogP contribution in [0.25, 0.3) is 27.8 Å². The summed E-state index contributed by atoms with van der Waals surface area (Å²) in [6, 6.07) is 16.1. The monoisotopic (exact) mass is 1470 g/mol. The molecule has 4 aliphatic rings. The Bertz CT molecular complexity index is 5110. The van der Waals surface area contributed by atoms with E-state index in [9.17, 15) is 74.2 Å². The highest BCUT2D eigenvalue weighted by Gasteiger charge is 2.45. The zero-order valence-electron chi connectivity index (χ0n) is 54.5. The number of aliphatic hydroxyl groups excluding tert-OH is 1. The van der Waals surface area contributed by atoms with Gasteiger partial charge in [0.15, 0.2) is 11.2 Å². The number of hydrogen-bond acceptors (Lipinski definition) is 22. The number of hydrogen-bond donors (Lipinski definition) is 10. The van der Waals surface area contributed by atoms with Crippen molar-refractivity contribution in [1.29, 1.82) is 0 Å². The number of nitro benzene ring substituents is 1. The first-order chi connectivity index (χ1) is 45.7. The quantitative estimate of drug-likeness (QED) is 0.0108. The minimum Gasteiger partial charge on any atom is -0.495 e. The number of anilines is 2. The molecule has 0 radical (unpaired) electrons. The van der Waals surface area contributed by atoms with Gasteiger partial charge in [0, 0.05) is 84.4 Å². The van der Waals surface area contributed by atoms with E-state index in [0.717, 1.165) is 0 Å². The average molecular weight is 1470 g/mol. The summed E-state index contributed by atoms with van der Waals surface area (Å²) < 4.78 is 146. The molecule has 10 rings (SSSR count). The van der Waals surface area contributed by atoms with Crippen molar-refractivity contribution >= 4 is 94.7 Å². The largest absolute Gasteiger partial charge is 0.495 e. The third kappa shape index (κ3) is 16.2. The van der Waals surface area contributed by atoms with Crippen LogP contribution in [0.3, 0.4) is 0 Å². The number of aliphatic hydroxyl groups is 1. The van der Waals surface area contributed by atoms with Gasteiger partial charge in [0.05, 0.1) is 77.7 Å². The highest BCUT2D eigenvalue weighted by Crippen LogP contribution is 2.66. The van der Waals surface area contributed by atoms with Gasteiger partial charge in [-0.25, -0.2) is 18.3 Å². The molecule has 33 nitrogen and oxygen atoms in total. The Morgan fingerprint density at radius 1 is 0.939 bits per heavy atom. The maximum atomic E-state index is 13.9. The Kier molecular flexibility index (Phi) is 19.9. The number of nitrogens with two attached hydrogens (primary N) is 1. The number of nitrogens with zero attached hydrogens (tertiary/aromatic N) is 5. The molecule has 0 bridgehead atoms. The van der Waals surface area contributed by atoms with Gasteiger partial charge in [0.2, 0.25) is 11.3 Å². The van der Waals surface area contributed by atoms with Crippen molar-refractivity contribution in [3.05, 3.63) is 155 Å². The van der Waals surface area contributed by atoms with Crippen LogP contribution in [0.5, 0.6) is 17.2 Å². The molecule has 6 heterocycles. The van der Waals surface area contributed by atoms with Gasteiger partial charge in [-0.2, -0.15) is 30.4 Å². The first-order valence-corrected chi connectivity index (χ1v) is 37.6. The van der Waals surface area contributed by atoms with Gasteiger partial charge < -0.3 is 64.1 Å². The lowest BCUT2D eigenvalue weighted by Crippen LogP contribution is -2.47. The van der Waals surface area contributed by atoms with Crippen LogP contribution < -0.4 is 46.1 Å². The molecule has 6 atom stereocenters. The number of fused-ring (bicyclic) bond motifs is 5. The number of carbonyl (C=O) groups excluding carboxylic acids is 1. The number of carbonyl (C=O) groups is 1. The molecular weight excluding hydrogens is 1400 g/mol. The third-order valence-corrected chi connectivity index (χ3v) is 22.1. The number of phosphoric acid groups is 3. The second kappa shape index (κ2) is 26.6. The molecule has 6 aromatic rings. The van der Waals surface area contributed by atoms with Gasteiger partial charge in [0.25, 0.3) is 37.4 Å². The lowest BCUT2D eigenvalue weighted by Gasteiger charge is -2.41. The zero-order chi connectivity index (χ0) is 72.8. The first kappa shape index (κ1) is 73.9. The average Bonchev–Trinajstić information content (AvgIpc) is 1.40. The summed E-state index contributed by atoms with van der Waals surface area (Å²) in [6.07, 6.45) is -0.723. The fourth-order valence-corrected chi connectivity index (χ4v) is 16.5. The molecule has 38 heteroatoms. The number of rotatable bonds is 21. The van der Waals surface area contributed by atoms with E-state index in [1.54, 1.807) is 81.5 Å². The number of nitrogens with one attached hydrogen (secondary N) is 2. The van der Waals surface area contributed by atoms with Crippen molar-refractivity contribution in [2.24, 2.45) is 5.41 Å². The summed E-state index contributed by atoms with van der Waals surface area (Å²) in [5.74, 6) is 4.21. The Morgan fingerprint density at radius 2 is 1.60 bits per heavy atom. The van der Waals surface area contributed by atoms with E-state index in [2.05, 4.69) is 40.3 Å². The van der Waals surface area contributed by atoms with E-state index < -0.39 is 132 Å². The lowest BCUT2D eigenvalue weighted by molar-refractivity contribution is -0.386. The SMILES string of the molecule is COc1cc([C@@H](OCc2cn([C@H]3C[C@H](O)[C@@H](COP(=O)(O)OP(=O)(O)OP(=O)(O)O)O3)c3nc(N)[nH]c(=O)c23)C(C)(C)C)c([N+](=O)[O-])cc1C#CCNC(=O)c1ccc(C2=c3cc4c(cc3Oc3cc5c(cc32)C(CS(=O)(=O)O)=CC(C)(C)N5C)=[N+](C)C(C)(C)C=C4CS(=O)(=O)O)cc1. The number of aromatic nitrogens is 3. The van der Waals surface area contributed by atoms with E-state index in [0.29, 0.717) is 66.7 Å². The fraction of sp³-hybridized carbons (Fsp3) is 0.377. The van der Waals surface area contributed by atoms with E-state index in [1.807, 2.05) is 51.3 Å². The molecule has 0 spiro atoms. The van der Waals surface area contributed by atoms with Crippen molar-refractivity contribution < 1.29 is 106 Å². The fourth-order valence-electron chi connectivity index (χ4n) is 12.2. The molecule has 1 saturated heterocycles. The summed E-state index contributed by atoms with van der Waals surface area (Å²) >= 11 is 0. The molecule has 1 fully saturated rings. The number of nitrogen functional groups attached to an aromatic ring is 1. The lowest BCUT2D eigenvalue weighted by atomic mass is 9.83. The first-order valence-electron chi connectivity index (χ1n) is 29.8. The molecule has 0 saturated carbocycles. The number of phosphoric ester groups is 1. The Hall–Kier alpha value is -7.81. The van der Waals surface area contributed by atoms with Gasteiger partial charge in [0.1, 0.15) is 48.1 Å². The highest BCUT2D eigenvalue weighted by atomic mass is 32.2. The molecule has 99 heavy (non-hydrogen) atoms. The van der Waals surface area contributed by atoms with Gasteiger partial charge in [-0.1, -0.05) is 50.8 Å². The number of aromatic amines is 1. The molecule has 4 aromatic carbocycles. The second-order valence-corrected chi connectivity index (χ2v) is 33.3. The second-order valence-electron chi connectivity index (χ2n) is 25.9. The van der Waals surface area contributed by atoms with Crippen LogP contribution in [-0.2, 0) is 63.2 Å². The summed E-state index contributed by atoms with van der Waals surface area (Å²) in [5, 5.41) is 27.7. The summed E-state index contributed by atoms with van der Waals surface area (Å²) in [5.41, 5.74) is 6.52. The number of methoxy groups -OCH3 is 1. The number of likely N-dealkylation sites (N-methyl/N-ethyl adjacent to an activating group) is 2. The third-order valence-electron chi connectivity index (χ3n) is 17.0. The van der Waals surface area contributed by atoms with E-state index in [-0.39, 0.29) is 58.0 Å². The van der Waals surface area contributed by atoms with Crippen molar-refractivity contribution in [2.45, 2.75) is 97.1 Å². The number of nitro groups is 1. The van der Waals surface area contributed by atoms with Crippen LogP contribution in [0.1, 0.15) is 117 Å². The molecule has 0 aliphatic carbocycles. The molecule has 1 amide bonds. The molecule has 11 N–H and O–H groups in total. The topological polar surface area (TPSA) is 481 Å². The maximum Gasteiger partial charge on any atom is 0.490 e. The minimum absolute atomic E-state index is 0.0307. The smallest absolute Gasteiger partial charge is 0.490 e. The van der Waals surface area contributed by atoms with Crippen LogP contribution >= 0.6 is 23.5 Å². The van der Waals surface area contributed by atoms with Crippen molar-refractivity contribution in [3.8, 4) is 29.1 Å². The highest BCUT2D eigenvalue weighted by molar-refractivity contribution is 7.86. The minimum atomic E-state index is -5.87. The van der Waals surface area contributed by atoms with Crippen LogP contribution in [0.2, 0.25) is 0 Å². The van der Waals surface area contributed by atoms with Gasteiger partial charge in [-0.3, -0.25) is 38.3 Å². The van der Waals surface area contributed by atoms with Gasteiger partial charge in [-0.05, 0) is 72.4 Å².